The van der Waals surface area contributed by atoms with Gasteiger partial charge >= 0.3 is 0 Å². The van der Waals surface area contributed by atoms with Gasteiger partial charge in [-0.15, -0.1) is 0 Å². The number of ether oxygens (including phenoxy) is 2. The summed E-state index contributed by atoms with van der Waals surface area (Å²) in [5, 5.41) is 0.492. The standard InChI is InChI=1S/C18H20ClNO3/c1-22-12-11-20(13-15-7-3-2-4-8-15)18(21)14-23-17-10-6-5-9-16(17)19/h2-10H,11-14H2,1H3. The fourth-order valence-electron chi connectivity index (χ4n) is 2.09. The molecule has 0 aromatic heterocycles. The van der Waals surface area contributed by atoms with Gasteiger partial charge in [-0.2, -0.15) is 0 Å². The number of hydrogen-bond donors (Lipinski definition) is 0. The van der Waals surface area contributed by atoms with Crippen LogP contribution in [-0.4, -0.2) is 37.7 Å². The van der Waals surface area contributed by atoms with Crippen LogP contribution >= 0.6 is 11.6 Å². The molecule has 2 aromatic rings. The van der Waals surface area contributed by atoms with Crippen LogP contribution in [0.3, 0.4) is 0 Å². The van der Waals surface area contributed by atoms with Gasteiger partial charge in [0.15, 0.2) is 6.61 Å². The Balaban J connectivity index is 1.97. The monoisotopic (exact) mass is 333 g/mol. The largest absolute Gasteiger partial charge is 0.482 e. The van der Waals surface area contributed by atoms with Gasteiger partial charge in [0.05, 0.1) is 11.6 Å². The molecule has 0 fully saturated rings. The molecule has 0 radical (unpaired) electrons. The summed E-state index contributed by atoms with van der Waals surface area (Å²) in [5.74, 6) is 0.403. The molecule has 0 N–H and O–H groups in total. The number of nitrogens with zero attached hydrogens (tertiary/aromatic N) is 1. The van der Waals surface area contributed by atoms with E-state index >= 15 is 0 Å². The van der Waals surface area contributed by atoms with Crippen molar-refractivity contribution in [1.82, 2.24) is 4.90 Å². The predicted octanol–water partition coefficient (Wildman–Crippen LogP) is 3.39. The van der Waals surface area contributed by atoms with Crippen molar-refractivity contribution < 1.29 is 14.3 Å². The second kappa shape index (κ2) is 9.18. The molecule has 0 aliphatic rings. The Morgan fingerprint density at radius 1 is 1.09 bits per heavy atom. The van der Waals surface area contributed by atoms with Crippen molar-refractivity contribution in [2.45, 2.75) is 6.54 Å². The van der Waals surface area contributed by atoms with Crippen LogP contribution in [-0.2, 0) is 16.1 Å². The average molecular weight is 334 g/mol. The molecule has 1 amide bonds. The Morgan fingerprint density at radius 2 is 1.78 bits per heavy atom. The number of rotatable bonds is 8. The van der Waals surface area contributed by atoms with Gasteiger partial charge in [-0.25, -0.2) is 0 Å². The van der Waals surface area contributed by atoms with E-state index < -0.39 is 0 Å². The van der Waals surface area contributed by atoms with Gasteiger partial charge in [-0.3, -0.25) is 4.79 Å². The van der Waals surface area contributed by atoms with E-state index in [0.29, 0.717) is 30.5 Å². The molecule has 0 aliphatic heterocycles. The van der Waals surface area contributed by atoms with Gasteiger partial charge in [0.25, 0.3) is 5.91 Å². The van der Waals surface area contributed by atoms with Gasteiger partial charge in [-0.1, -0.05) is 54.1 Å². The molecule has 0 unspecified atom stereocenters. The third kappa shape index (κ3) is 5.58. The highest BCUT2D eigenvalue weighted by Gasteiger charge is 2.15. The van der Waals surface area contributed by atoms with Crippen LogP contribution in [0.4, 0.5) is 0 Å². The summed E-state index contributed by atoms with van der Waals surface area (Å²) >= 11 is 6.03. The van der Waals surface area contributed by atoms with E-state index in [4.69, 9.17) is 21.1 Å². The number of halogens is 1. The van der Waals surface area contributed by atoms with E-state index in [9.17, 15) is 4.79 Å². The Bertz CT molecular complexity index is 619. The molecule has 122 valence electrons. The zero-order valence-corrected chi connectivity index (χ0v) is 13.8. The van der Waals surface area contributed by atoms with Crippen LogP contribution in [0.25, 0.3) is 0 Å². The number of para-hydroxylation sites is 1. The third-order valence-electron chi connectivity index (χ3n) is 3.32. The first-order chi connectivity index (χ1) is 11.2. The summed E-state index contributed by atoms with van der Waals surface area (Å²) in [5.41, 5.74) is 1.06. The van der Waals surface area contributed by atoms with E-state index in [1.807, 2.05) is 42.5 Å². The molecular formula is C18H20ClNO3. The molecule has 0 atom stereocenters. The van der Waals surface area contributed by atoms with Crippen molar-refractivity contribution in [2.24, 2.45) is 0 Å². The van der Waals surface area contributed by atoms with Crippen molar-refractivity contribution >= 4 is 17.5 Å². The zero-order valence-electron chi connectivity index (χ0n) is 13.1. The van der Waals surface area contributed by atoms with Gasteiger partial charge < -0.3 is 14.4 Å². The van der Waals surface area contributed by atoms with E-state index in [2.05, 4.69) is 0 Å². The molecule has 2 rings (SSSR count). The maximum absolute atomic E-state index is 12.4. The number of carbonyl (C=O) groups is 1. The van der Waals surface area contributed by atoms with Gasteiger partial charge in [0.1, 0.15) is 5.75 Å². The highest BCUT2D eigenvalue weighted by molar-refractivity contribution is 6.32. The minimum absolute atomic E-state index is 0.0553. The quantitative estimate of drug-likeness (QED) is 0.743. The molecule has 0 spiro atoms. The number of hydrogen-bond acceptors (Lipinski definition) is 3. The summed E-state index contributed by atoms with van der Waals surface area (Å²) in [7, 11) is 1.62. The van der Waals surface area contributed by atoms with Crippen LogP contribution in [0.15, 0.2) is 54.6 Å². The Kier molecular flexibility index (Phi) is 6.91. The first kappa shape index (κ1) is 17.3. The fraction of sp³-hybridized carbons (Fsp3) is 0.278. The van der Waals surface area contributed by atoms with E-state index in [1.54, 1.807) is 24.1 Å². The fourth-order valence-corrected chi connectivity index (χ4v) is 2.28. The molecule has 0 heterocycles. The van der Waals surface area contributed by atoms with Crippen molar-refractivity contribution in [2.75, 3.05) is 26.9 Å². The number of amides is 1. The lowest BCUT2D eigenvalue weighted by Gasteiger charge is -2.22. The van der Waals surface area contributed by atoms with Crippen molar-refractivity contribution in [3.63, 3.8) is 0 Å². The van der Waals surface area contributed by atoms with Crippen molar-refractivity contribution in [3.05, 3.63) is 65.2 Å². The molecule has 4 nitrogen and oxygen atoms in total. The van der Waals surface area contributed by atoms with Gasteiger partial charge in [0.2, 0.25) is 0 Å². The lowest BCUT2D eigenvalue weighted by atomic mass is 10.2. The second-order valence-electron chi connectivity index (χ2n) is 5.01. The van der Waals surface area contributed by atoms with Gasteiger partial charge in [0, 0.05) is 20.2 Å². The maximum Gasteiger partial charge on any atom is 0.260 e. The number of carbonyl (C=O) groups excluding carboxylic acids is 1. The van der Waals surface area contributed by atoms with Crippen LogP contribution in [0, 0.1) is 0 Å². The molecule has 5 heteroatoms. The van der Waals surface area contributed by atoms with E-state index in [-0.39, 0.29) is 12.5 Å². The molecule has 2 aromatic carbocycles. The van der Waals surface area contributed by atoms with Crippen molar-refractivity contribution in [1.29, 1.82) is 0 Å². The lowest BCUT2D eigenvalue weighted by Crippen LogP contribution is -2.36. The smallest absolute Gasteiger partial charge is 0.260 e. The summed E-state index contributed by atoms with van der Waals surface area (Å²) in [6.45, 7) is 1.45. The Morgan fingerprint density at radius 3 is 2.48 bits per heavy atom. The van der Waals surface area contributed by atoms with Crippen LogP contribution in [0.2, 0.25) is 5.02 Å². The molecule has 0 bridgehead atoms. The van der Waals surface area contributed by atoms with Gasteiger partial charge in [-0.05, 0) is 17.7 Å². The maximum atomic E-state index is 12.4. The van der Waals surface area contributed by atoms with Crippen LogP contribution < -0.4 is 4.74 Å². The van der Waals surface area contributed by atoms with Crippen molar-refractivity contribution in [3.8, 4) is 5.75 Å². The third-order valence-corrected chi connectivity index (χ3v) is 3.63. The van der Waals surface area contributed by atoms with Crippen LogP contribution in [0.5, 0.6) is 5.75 Å². The molecule has 0 saturated carbocycles. The predicted molar refractivity (Wildman–Crippen MR) is 90.7 cm³/mol. The molecular weight excluding hydrogens is 314 g/mol. The SMILES string of the molecule is COCCN(Cc1ccccc1)C(=O)COc1ccccc1Cl. The Labute approximate surface area is 141 Å². The van der Waals surface area contributed by atoms with E-state index in [0.717, 1.165) is 5.56 Å². The zero-order chi connectivity index (χ0) is 16.5. The first-order valence-electron chi connectivity index (χ1n) is 7.38. The summed E-state index contributed by atoms with van der Waals surface area (Å²) in [6.07, 6.45) is 0. The lowest BCUT2D eigenvalue weighted by molar-refractivity contribution is -0.134. The summed E-state index contributed by atoms with van der Waals surface area (Å²) in [6, 6.07) is 16.9. The van der Waals surface area contributed by atoms with Crippen LogP contribution in [0.1, 0.15) is 5.56 Å². The summed E-state index contributed by atoms with van der Waals surface area (Å²) in [4.78, 5) is 14.2. The normalized spacial score (nSPS) is 10.3. The molecule has 23 heavy (non-hydrogen) atoms. The molecule has 0 aliphatic carbocycles. The van der Waals surface area contributed by atoms with E-state index in [1.165, 1.54) is 0 Å². The highest BCUT2D eigenvalue weighted by atomic mass is 35.5. The average Bonchev–Trinajstić information content (AvgIpc) is 2.58. The highest BCUT2D eigenvalue weighted by Crippen LogP contribution is 2.23. The Hall–Kier alpha value is -2.04. The molecule has 0 saturated heterocycles. The summed E-state index contributed by atoms with van der Waals surface area (Å²) < 4.78 is 10.6. The first-order valence-corrected chi connectivity index (χ1v) is 7.76. The number of methoxy groups -OCH3 is 1. The minimum atomic E-state index is -0.106. The second-order valence-corrected chi connectivity index (χ2v) is 5.42. The topological polar surface area (TPSA) is 38.8 Å². The number of benzene rings is 2. The minimum Gasteiger partial charge on any atom is -0.482 e.